The van der Waals surface area contributed by atoms with E-state index in [9.17, 15) is 4.79 Å². The number of rotatable bonds is 2. The molecule has 1 saturated carbocycles. The Labute approximate surface area is 87.9 Å². The molecule has 1 fully saturated rings. The first kappa shape index (κ1) is 9.66. The highest BCUT2D eigenvalue weighted by Crippen LogP contribution is 2.18. The Morgan fingerprint density at radius 3 is 2.93 bits per heavy atom. The summed E-state index contributed by atoms with van der Waals surface area (Å²) in [5.41, 5.74) is 0.595. The molecule has 1 heterocycles. The maximum Gasteiger partial charge on any atom is 0.270 e. The highest BCUT2D eigenvalue weighted by molar-refractivity contribution is 5.92. The fourth-order valence-corrected chi connectivity index (χ4v) is 1.44. The zero-order valence-electron chi connectivity index (χ0n) is 8.23. The van der Waals surface area contributed by atoms with Crippen LogP contribution in [0.5, 0.6) is 0 Å². The van der Waals surface area contributed by atoms with E-state index < -0.39 is 0 Å². The Morgan fingerprint density at radius 1 is 1.53 bits per heavy atom. The van der Waals surface area contributed by atoms with E-state index in [1.165, 1.54) is 6.42 Å². The number of carbonyl (C=O) groups is 1. The lowest BCUT2D eigenvalue weighted by Gasteiger charge is -2.26. The summed E-state index contributed by atoms with van der Waals surface area (Å²) in [5.74, 6) is -0.184. The number of hydrogen-bond donors (Lipinski definition) is 1. The topological polar surface area (TPSA) is 65.8 Å². The van der Waals surface area contributed by atoms with Crippen molar-refractivity contribution < 1.29 is 4.79 Å². The van der Waals surface area contributed by atoms with Gasteiger partial charge in [-0.1, -0.05) is 6.07 Å². The molecule has 1 aliphatic carbocycles. The summed E-state index contributed by atoms with van der Waals surface area (Å²) in [7, 11) is 0. The molecule has 4 heteroatoms. The molecule has 0 atom stereocenters. The monoisotopic (exact) mass is 201 g/mol. The van der Waals surface area contributed by atoms with E-state index >= 15 is 0 Å². The van der Waals surface area contributed by atoms with E-state index in [2.05, 4.69) is 10.3 Å². The maximum absolute atomic E-state index is 11.6. The van der Waals surface area contributed by atoms with Crippen molar-refractivity contribution in [1.29, 1.82) is 5.26 Å². The van der Waals surface area contributed by atoms with Crippen molar-refractivity contribution in [3.8, 4) is 6.07 Å². The molecule has 1 N–H and O–H groups in total. The third-order valence-corrected chi connectivity index (χ3v) is 2.54. The van der Waals surface area contributed by atoms with Crippen molar-refractivity contribution in [2.45, 2.75) is 25.3 Å². The van der Waals surface area contributed by atoms with Crippen LogP contribution >= 0.6 is 0 Å². The molecule has 0 bridgehead atoms. The molecule has 0 unspecified atom stereocenters. The van der Waals surface area contributed by atoms with Gasteiger partial charge in [-0.05, 0) is 31.4 Å². The van der Waals surface area contributed by atoms with E-state index in [0.717, 1.165) is 12.8 Å². The first-order chi connectivity index (χ1) is 7.29. The largest absolute Gasteiger partial charge is 0.348 e. The van der Waals surface area contributed by atoms with E-state index in [1.807, 2.05) is 6.07 Å². The third-order valence-electron chi connectivity index (χ3n) is 2.54. The second-order valence-electron chi connectivity index (χ2n) is 3.62. The molecule has 15 heavy (non-hydrogen) atoms. The summed E-state index contributed by atoms with van der Waals surface area (Å²) in [6, 6.07) is 7.08. The maximum atomic E-state index is 11.6. The molecule has 1 aliphatic rings. The van der Waals surface area contributed by atoms with Crippen LogP contribution in [0.4, 0.5) is 0 Å². The average molecular weight is 201 g/mol. The van der Waals surface area contributed by atoms with Crippen LogP contribution < -0.4 is 5.32 Å². The minimum atomic E-state index is -0.184. The van der Waals surface area contributed by atoms with Gasteiger partial charge >= 0.3 is 0 Å². The lowest BCUT2D eigenvalue weighted by Crippen LogP contribution is -2.39. The molecule has 76 valence electrons. The molecule has 0 aliphatic heterocycles. The molecule has 0 radical (unpaired) electrons. The van der Waals surface area contributed by atoms with Gasteiger partial charge in [-0.2, -0.15) is 5.26 Å². The fraction of sp³-hybridized carbons (Fsp3) is 0.364. The number of aromatic nitrogens is 1. The van der Waals surface area contributed by atoms with Gasteiger partial charge < -0.3 is 5.32 Å². The second kappa shape index (κ2) is 4.09. The van der Waals surface area contributed by atoms with Crippen LogP contribution in [0.2, 0.25) is 0 Å². The van der Waals surface area contributed by atoms with Gasteiger partial charge in [-0.25, -0.2) is 4.98 Å². The minimum Gasteiger partial charge on any atom is -0.348 e. The molecule has 1 aromatic rings. The average Bonchev–Trinajstić information content (AvgIpc) is 2.23. The zero-order valence-corrected chi connectivity index (χ0v) is 8.23. The van der Waals surface area contributed by atoms with Gasteiger partial charge in [-0.3, -0.25) is 4.79 Å². The predicted molar refractivity (Wildman–Crippen MR) is 54.1 cm³/mol. The number of nitrogens with one attached hydrogen (secondary N) is 1. The number of nitrogens with zero attached hydrogens (tertiary/aromatic N) is 2. The van der Waals surface area contributed by atoms with Crippen LogP contribution in [-0.4, -0.2) is 16.9 Å². The van der Waals surface area contributed by atoms with Crippen molar-refractivity contribution in [2.75, 3.05) is 0 Å². The third kappa shape index (κ3) is 2.13. The molecule has 2 rings (SSSR count). The van der Waals surface area contributed by atoms with Gasteiger partial charge in [0, 0.05) is 6.04 Å². The Hall–Kier alpha value is -1.89. The number of hydrogen-bond acceptors (Lipinski definition) is 3. The minimum absolute atomic E-state index is 0.184. The standard InChI is InChI=1S/C11H11N3O/c12-7-9-5-2-6-10(13-9)11(15)14-8-3-1-4-8/h2,5-6,8H,1,3-4H2,(H,14,15). The van der Waals surface area contributed by atoms with Crippen molar-refractivity contribution in [2.24, 2.45) is 0 Å². The lowest BCUT2D eigenvalue weighted by atomic mass is 9.93. The number of pyridine rings is 1. The van der Waals surface area contributed by atoms with E-state index in [4.69, 9.17) is 5.26 Å². The smallest absolute Gasteiger partial charge is 0.270 e. The summed E-state index contributed by atoms with van der Waals surface area (Å²) in [5, 5.41) is 11.5. The Kier molecular flexibility index (Phi) is 2.64. The van der Waals surface area contributed by atoms with Gasteiger partial charge in [0.15, 0.2) is 0 Å². The molecule has 0 aromatic carbocycles. The van der Waals surface area contributed by atoms with E-state index in [1.54, 1.807) is 18.2 Å². The Bertz CT molecular complexity index is 418. The molecule has 0 spiro atoms. The zero-order chi connectivity index (χ0) is 10.7. The summed E-state index contributed by atoms with van der Waals surface area (Å²) in [4.78, 5) is 15.6. The molecular weight excluding hydrogens is 190 g/mol. The highest BCUT2D eigenvalue weighted by atomic mass is 16.1. The Morgan fingerprint density at radius 2 is 2.33 bits per heavy atom. The SMILES string of the molecule is N#Cc1cccc(C(=O)NC2CCC2)n1. The lowest BCUT2D eigenvalue weighted by molar-refractivity contribution is 0.0912. The molecule has 1 amide bonds. The summed E-state index contributed by atoms with van der Waals surface area (Å²) >= 11 is 0. The van der Waals surface area contributed by atoms with Crippen molar-refractivity contribution in [1.82, 2.24) is 10.3 Å². The van der Waals surface area contributed by atoms with Gasteiger partial charge in [0.2, 0.25) is 0 Å². The molecular formula is C11H11N3O. The number of nitriles is 1. The number of carbonyl (C=O) groups excluding carboxylic acids is 1. The Balaban J connectivity index is 2.07. The summed E-state index contributed by atoms with van der Waals surface area (Å²) in [6.45, 7) is 0. The fourth-order valence-electron chi connectivity index (χ4n) is 1.44. The number of amides is 1. The molecule has 1 aromatic heterocycles. The highest BCUT2D eigenvalue weighted by Gasteiger charge is 2.20. The van der Waals surface area contributed by atoms with Crippen molar-refractivity contribution >= 4 is 5.91 Å². The van der Waals surface area contributed by atoms with Crippen LogP contribution in [0, 0.1) is 11.3 Å². The van der Waals surface area contributed by atoms with E-state index in [-0.39, 0.29) is 11.6 Å². The first-order valence-electron chi connectivity index (χ1n) is 4.97. The predicted octanol–water partition coefficient (Wildman–Crippen LogP) is 1.24. The molecule has 0 saturated heterocycles. The summed E-state index contributed by atoms with van der Waals surface area (Å²) in [6.07, 6.45) is 3.27. The van der Waals surface area contributed by atoms with Gasteiger partial charge in [0.25, 0.3) is 5.91 Å². The second-order valence-corrected chi connectivity index (χ2v) is 3.62. The summed E-state index contributed by atoms with van der Waals surface area (Å²) < 4.78 is 0. The van der Waals surface area contributed by atoms with Crippen LogP contribution in [0.1, 0.15) is 35.4 Å². The van der Waals surface area contributed by atoms with Gasteiger partial charge in [-0.15, -0.1) is 0 Å². The van der Waals surface area contributed by atoms with Crippen LogP contribution in [0.3, 0.4) is 0 Å². The quantitative estimate of drug-likeness (QED) is 0.782. The van der Waals surface area contributed by atoms with Crippen LogP contribution in [0.15, 0.2) is 18.2 Å². The normalized spacial score (nSPS) is 15.1. The van der Waals surface area contributed by atoms with E-state index in [0.29, 0.717) is 11.7 Å². The van der Waals surface area contributed by atoms with Gasteiger partial charge in [0.05, 0.1) is 0 Å². The van der Waals surface area contributed by atoms with Crippen LogP contribution in [0.25, 0.3) is 0 Å². The van der Waals surface area contributed by atoms with Crippen LogP contribution in [-0.2, 0) is 0 Å². The van der Waals surface area contributed by atoms with Crippen molar-refractivity contribution in [3.05, 3.63) is 29.6 Å². The van der Waals surface area contributed by atoms with Gasteiger partial charge in [0.1, 0.15) is 17.5 Å². The molecule has 4 nitrogen and oxygen atoms in total. The first-order valence-corrected chi connectivity index (χ1v) is 4.97. The van der Waals surface area contributed by atoms with Crippen molar-refractivity contribution in [3.63, 3.8) is 0 Å².